The van der Waals surface area contributed by atoms with Crippen LogP contribution in [0.5, 0.6) is 0 Å². The second kappa shape index (κ2) is 5.49. The zero-order valence-corrected chi connectivity index (χ0v) is 11.7. The molecule has 18 heavy (non-hydrogen) atoms. The lowest BCUT2D eigenvalue weighted by atomic mass is 10.1. The highest BCUT2D eigenvalue weighted by atomic mass is 35.5. The highest BCUT2D eigenvalue weighted by Gasteiger charge is 2.08. The zero-order chi connectivity index (χ0) is 13.1. The van der Waals surface area contributed by atoms with Crippen molar-refractivity contribution in [2.24, 2.45) is 0 Å². The van der Waals surface area contributed by atoms with E-state index in [1.165, 1.54) is 5.56 Å². The maximum absolute atomic E-state index is 6.05. The Hall–Kier alpha value is -1.41. The quantitative estimate of drug-likeness (QED) is 0.761. The summed E-state index contributed by atoms with van der Waals surface area (Å²) in [6, 6.07) is 10.2. The first-order valence-electron chi connectivity index (χ1n) is 6.24. The molecular formula is C15H17ClN2. The van der Waals surface area contributed by atoms with Crippen LogP contribution in [0.15, 0.2) is 30.3 Å². The Morgan fingerprint density at radius 3 is 2.33 bits per heavy atom. The van der Waals surface area contributed by atoms with Crippen molar-refractivity contribution in [2.75, 3.05) is 0 Å². The predicted molar refractivity (Wildman–Crippen MR) is 75.9 cm³/mol. The standard InChI is InChI=1S/C15H17ClN2/c1-4-11-5-7-12(8-6-11)13-9-14(16)18-15(17-13)10(2)3/h5-10H,4H2,1-3H3. The highest BCUT2D eigenvalue weighted by molar-refractivity contribution is 6.29. The first kappa shape index (κ1) is 13.0. The van der Waals surface area contributed by atoms with Crippen LogP contribution in [0.1, 0.15) is 38.1 Å². The number of hydrogen-bond donors (Lipinski definition) is 0. The van der Waals surface area contributed by atoms with Gasteiger partial charge < -0.3 is 0 Å². The largest absolute Gasteiger partial charge is 0.233 e. The maximum Gasteiger partial charge on any atom is 0.133 e. The third-order valence-electron chi connectivity index (χ3n) is 2.89. The Morgan fingerprint density at radius 2 is 1.78 bits per heavy atom. The van der Waals surface area contributed by atoms with Crippen LogP contribution < -0.4 is 0 Å². The second-order valence-electron chi connectivity index (χ2n) is 4.64. The van der Waals surface area contributed by atoms with Gasteiger partial charge in [-0.05, 0) is 12.0 Å². The number of aromatic nitrogens is 2. The van der Waals surface area contributed by atoms with Crippen LogP contribution in [0.3, 0.4) is 0 Å². The second-order valence-corrected chi connectivity index (χ2v) is 5.03. The van der Waals surface area contributed by atoms with Gasteiger partial charge in [0, 0.05) is 17.5 Å². The molecule has 1 aromatic carbocycles. The van der Waals surface area contributed by atoms with Gasteiger partial charge in [0.05, 0.1) is 5.69 Å². The van der Waals surface area contributed by atoms with Gasteiger partial charge >= 0.3 is 0 Å². The van der Waals surface area contributed by atoms with Crippen molar-refractivity contribution >= 4 is 11.6 Å². The first-order chi connectivity index (χ1) is 8.60. The van der Waals surface area contributed by atoms with Gasteiger partial charge in [0.1, 0.15) is 11.0 Å². The maximum atomic E-state index is 6.05. The van der Waals surface area contributed by atoms with Crippen LogP contribution in [0.2, 0.25) is 5.15 Å². The molecular weight excluding hydrogens is 244 g/mol. The van der Waals surface area contributed by atoms with Crippen LogP contribution >= 0.6 is 11.6 Å². The third-order valence-corrected chi connectivity index (χ3v) is 3.08. The molecule has 2 nitrogen and oxygen atoms in total. The van der Waals surface area contributed by atoms with Gasteiger partial charge in [-0.15, -0.1) is 0 Å². The Morgan fingerprint density at radius 1 is 1.11 bits per heavy atom. The molecule has 0 aliphatic heterocycles. The van der Waals surface area contributed by atoms with Gasteiger partial charge in [-0.25, -0.2) is 9.97 Å². The molecule has 2 aromatic rings. The summed E-state index contributed by atoms with van der Waals surface area (Å²) in [6.07, 6.45) is 1.04. The average Bonchev–Trinajstić information content (AvgIpc) is 2.38. The van der Waals surface area contributed by atoms with E-state index >= 15 is 0 Å². The van der Waals surface area contributed by atoms with Gasteiger partial charge in [-0.2, -0.15) is 0 Å². The molecule has 1 aromatic heterocycles. The fourth-order valence-electron chi connectivity index (χ4n) is 1.75. The number of aryl methyl sites for hydroxylation is 1. The van der Waals surface area contributed by atoms with E-state index in [-0.39, 0.29) is 5.92 Å². The van der Waals surface area contributed by atoms with Crippen LogP contribution in [-0.4, -0.2) is 9.97 Å². The topological polar surface area (TPSA) is 25.8 Å². The van der Waals surface area contributed by atoms with Crippen molar-refractivity contribution < 1.29 is 0 Å². The van der Waals surface area contributed by atoms with Gasteiger partial charge in [0.2, 0.25) is 0 Å². The summed E-state index contributed by atoms with van der Waals surface area (Å²) >= 11 is 6.05. The molecule has 3 heteroatoms. The van der Waals surface area contributed by atoms with Crippen LogP contribution in [-0.2, 0) is 6.42 Å². The van der Waals surface area contributed by atoms with Crippen molar-refractivity contribution in [1.29, 1.82) is 0 Å². The predicted octanol–water partition coefficient (Wildman–Crippen LogP) is 4.48. The van der Waals surface area contributed by atoms with Crippen molar-refractivity contribution in [3.8, 4) is 11.3 Å². The lowest BCUT2D eigenvalue weighted by Gasteiger charge is -2.08. The summed E-state index contributed by atoms with van der Waals surface area (Å²) in [7, 11) is 0. The van der Waals surface area contributed by atoms with Crippen molar-refractivity contribution in [3.05, 3.63) is 46.9 Å². The van der Waals surface area contributed by atoms with Gasteiger partial charge in [-0.1, -0.05) is 56.6 Å². The molecule has 0 fully saturated rings. The minimum absolute atomic E-state index is 0.275. The molecule has 0 radical (unpaired) electrons. The van der Waals surface area contributed by atoms with Crippen LogP contribution in [0, 0.1) is 0 Å². The lowest BCUT2D eigenvalue weighted by Crippen LogP contribution is -1.99. The Kier molecular flexibility index (Phi) is 3.97. The lowest BCUT2D eigenvalue weighted by molar-refractivity contribution is 0.776. The SMILES string of the molecule is CCc1ccc(-c2cc(Cl)nc(C(C)C)n2)cc1. The van der Waals surface area contributed by atoms with Crippen LogP contribution in [0.4, 0.5) is 0 Å². The van der Waals surface area contributed by atoms with Gasteiger partial charge in [-0.3, -0.25) is 0 Å². The smallest absolute Gasteiger partial charge is 0.133 e. The first-order valence-corrected chi connectivity index (χ1v) is 6.61. The molecule has 0 atom stereocenters. The summed E-state index contributed by atoms with van der Waals surface area (Å²) < 4.78 is 0. The number of halogens is 1. The van der Waals surface area contributed by atoms with E-state index in [2.05, 4.69) is 55.0 Å². The van der Waals surface area contributed by atoms with E-state index in [0.717, 1.165) is 23.5 Å². The molecule has 0 saturated carbocycles. The van der Waals surface area contributed by atoms with E-state index in [0.29, 0.717) is 5.15 Å². The third kappa shape index (κ3) is 2.88. The molecule has 0 aliphatic rings. The molecule has 0 saturated heterocycles. The molecule has 0 unspecified atom stereocenters. The Balaban J connectivity index is 2.42. The number of rotatable bonds is 3. The van der Waals surface area contributed by atoms with Gasteiger partial charge in [0.25, 0.3) is 0 Å². The normalized spacial score (nSPS) is 10.9. The van der Waals surface area contributed by atoms with E-state index in [9.17, 15) is 0 Å². The fraction of sp³-hybridized carbons (Fsp3) is 0.333. The molecule has 0 bridgehead atoms. The van der Waals surface area contributed by atoms with Crippen LogP contribution in [0.25, 0.3) is 11.3 Å². The minimum Gasteiger partial charge on any atom is -0.233 e. The zero-order valence-electron chi connectivity index (χ0n) is 10.9. The van der Waals surface area contributed by atoms with Crippen molar-refractivity contribution in [2.45, 2.75) is 33.1 Å². The summed E-state index contributed by atoms with van der Waals surface area (Å²) in [5.74, 6) is 1.06. The summed E-state index contributed by atoms with van der Waals surface area (Å²) in [5.41, 5.74) is 3.29. The van der Waals surface area contributed by atoms with E-state index < -0.39 is 0 Å². The number of benzene rings is 1. The molecule has 2 rings (SSSR count). The average molecular weight is 261 g/mol. The minimum atomic E-state index is 0.275. The van der Waals surface area contributed by atoms with Crippen molar-refractivity contribution in [1.82, 2.24) is 9.97 Å². The fourth-order valence-corrected chi connectivity index (χ4v) is 1.94. The molecule has 0 spiro atoms. The monoisotopic (exact) mass is 260 g/mol. The molecule has 0 aliphatic carbocycles. The number of hydrogen-bond acceptors (Lipinski definition) is 2. The summed E-state index contributed by atoms with van der Waals surface area (Å²) in [4.78, 5) is 8.81. The highest BCUT2D eigenvalue weighted by Crippen LogP contribution is 2.23. The Labute approximate surface area is 113 Å². The number of nitrogens with zero attached hydrogens (tertiary/aromatic N) is 2. The van der Waals surface area contributed by atoms with E-state index in [4.69, 9.17) is 11.6 Å². The van der Waals surface area contributed by atoms with Crippen molar-refractivity contribution in [3.63, 3.8) is 0 Å². The van der Waals surface area contributed by atoms with Gasteiger partial charge in [0.15, 0.2) is 0 Å². The van der Waals surface area contributed by atoms with E-state index in [1.807, 2.05) is 6.07 Å². The summed E-state index contributed by atoms with van der Waals surface area (Å²) in [6.45, 7) is 6.28. The molecule has 1 heterocycles. The molecule has 0 amide bonds. The molecule has 94 valence electrons. The summed E-state index contributed by atoms with van der Waals surface area (Å²) in [5, 5.41) is 0.503. The molecule has 0 N–H and O–H groups in total. The Bertz CT molecular complexity index is 533. The van der Waals surface area contributed by atoms with E-state index in [1.54, 1.807) is 0 Å².